The van der Waals surface area contributed by atoms with Gasteiger partial charge in [-0.2, -0.15) is 0 Å². The molecule has 2 rings (SSSR count). The van der Waals surface area contributed by atoms with Gasteiger partial charge in [0, 0.05) is 12.5 Å². The van der Waals surface area contributed by atoms with Gasteiger partial charge in [-0.15, -0.1) is 0 Å². The molecule has 15 heavy (non-hydrogen) atoms. The quantitative estimate of drug-likeness (QED) is 0.697. The summed E-state index contributed by atoms with van der Waals surface area (Å²) in [5.41, 5.74) is 0. The van der Waals surface area contributed by atoms with Crippen LogP contribution < -0.4 is 0 Å². The lowest BCUT2D eigenvalue weighted by atomic mass is 9.93. The van der Waals surface area contributed by atoms with Crippen molar-refractivity contribution in [2.45, 2.75) is 38.1 Å². The molecule has 2 atom stereocenters. The minimum Gasteiger partial charge on any atom is -0.394 e. The van der Waals surface area contributed by atoms with Gasteiger partial charge in [-0.3, -0.25) is 4.79 Å². The van der Waals surface area contributed by atoms with E-state index in [1.165, 1.54) is 0 Å². The summed E-state index contributed by atoms with van der Waals surface area (Å²) in [6.45, 7) is 0.957. The summed E-state index contributed by atoms with van der Waals surface area (Å²) in [7, 11) is 0. The van der Waals surface area contributed by atoms with Crippen molar-refractivity contribution >= 4 is 5.91 Å². The number of hydrogen-bond acceptors (Lipinski definition) is 2. The maximum atomic E-state index is 12.2. The second-order valence-corrected chi connectivity index (χ2v) is 4.49. The fraction of sp³-hybridized carbons (Fsp3) is 0.750. The maximum Gasteiger partial charge on any atom is 0.226 e. The van der Waals surface area contributed by atoms with E-state index >= 15 is 0 Å². The van der Waals surface area contributed by atoms with Gasteiger partial charge in [0.25, 0.3) is 0 Å². The summed E-state index contributed by atoms with van der Waals surface area (Å²) in [6, 6.07) is 0.0865. The normalized spacial score (nSPS) is 30.9. The molecule has 0 bridgehead atoms. The van der Waals surface area contributed by atoms with Gasteiger partial charge in [-0.1, -0.05) is 12.2 Å². The van der Waals surface area contributed by atoms with Crippen molar-refractivity contribution in [1.29, 1.82) is 0 Å². The van der Waals surface area contributed by atoms with Crippen molar-refractivity contribution in [3.05, 3.63) is 12.2 Å². The molecule has 0 aromatic rings. The molecule has 1 amide bonds. The predicted molar refractivity (Wildman–Crippen MR) is 58.3 cm³/mol. The fourth-order valence-corrected chi connectivity index (χ4v) is 2.57. The Morgan fingerprint density at radius 1 is 1.40 bits per heavy atom. The van der Waals surface area contributed by atoms with Crippen LogP contribution in [0.1, 0.15) is 32.1 Å². The molecule has 0 aromatic heterocycles. The lowest BCUT2D eigenvalue weighted by molar-refractivity contribution is -0.137. The Morgan fingerprint density at radius 3 is 2.93 bits per heavy atom. The van der Waals surface area contributed by atoms with Crippen LogP contribution in [-0.2, 0) is 4.79 Å². The number of nitrogens with zero attached hydrogens (tertiary/aromatic N) is 1. The Kier molecular flexibility index (Phi) is 3.41. The highest BCUT2D eigenvalue weighted by molar-refractivity contribution is 5.79. The molecule has 1 fully saturated rings. The first kappa shape index (κ1) is 10.7. The fourth-order valence-electron chi connectivity index (χ4n) is 2.57. The zero-order chi connectivity index (χ0) is 10.7. The molecule has 0 spiro atoms. The number of carbonyl (C=O) groups excluding carboxylic acids is 1. The summed E-state index contributed by atoms with van der Waals surface area (Å²) < 4.78 is 0. The second-order valence-electron chi connectivity index (χ2n) is 4.49. The summed E-state index contributed by atoms with van der Waals surface area (Å²) in [4.78, 5) is 14.0. The van der Waals surface area contributed by atoms with E-state index in [1.807, 2.05) is 4.90 Å². The van der Waals surface area contributed by atoms with Crippen LogP contribution in [-0.4, -0.2) is 35.1 Å². The van der Waals surface area contributed by atoms with Crippen LogP contribution in [0, 0.1) is 5.92 Å². The third-order valence-corrected chi connectivity index (χ3v) is 3.49. The maximum absolute atomic E-state index is 12.2. The van der Waals surface area contributed by atoms with Crippen molar-refractivity contribution in [3.63, 3.8) is 0 Å². The van der Waals surface area contributed by atoms with Crippen molar-refractivity contribution < 1.29 is 9.90 Å². The lowest BCUT2D eigenvalue weighted by Gasteiger charge is -2.28. The molecule has 3 heteroatoms. The van der Waals surface area contributed by atoms with Gasteiger partial charge < -0.3 is 10.0 Å². The minimum absolute atomic E-state index is 0.0865. The first-order chi connectivity index (χ1) is 7.33. The minimum atomic E-state index is 0.0865. The van der Waals surface area contributed by atoms with Gasteiger partial charge >= 0.3 is 0 Å². The van der Waals surface area contributed by atoms with Gasteiger partial charge in [0.1, 0.15) is 0 Å². The van der Waals surface area contributed by atoms with Gasteiger partial charge in [-0.05, 0) is 32.1 Å². The van der Waals surface area contributed by atoms with Gasteiger partial charge in [0.15, 0.2) is 0 Å². The average Bonchev–Trinajstić information content (AvgIpc) is 2.77. The SMILES string of the molecule is O=C(C1CC=CCC1)N1CCC[C@@H]1CO. The predicted octanol–water partition coefficient (Wildman–Crippen LogP) is 1.33. The number of aliphatic hydroxyl groups excluding tert-OH is 1. The first-order valence-electron chi connectivity index (χ1n) is 5.89. The molecule has 1 heterocycles. The number of amides is 1. The number of carbonyl (C=O) groups is 1. The average molecular weight is 209 g/mol. The standard InChI is InChI=1S/C12H19NO2/c14-9-11-7-4-8-13(11)12(15)10-5-2-1-3-6-10/h1-2,10-11,14H,3-9H2/t10?,11-/m1/s1. The van der Waals surface area contributed by atoms with Crippen LogP contribution in [0.2, 0.25) is 0 Å². The molecule has 1 saturated heterocycles. The highest BCUT2D eigenvalue weighted by atomic mass is 16.3. The van der Waals surface area contributed by atoms with Crippen LogP contribution in [0.5, 0.6) is 0 Å². The van der Waals surface area contributed by atoms with Crippen LogP contribution >= 0.6 is 0 Å². The van der Waals surface area contributed by atoms with E-state index < -0.39 is 0 Å². The number of rotatable bonds is 2. The van der Waals surface area contributed by atoms with Crippen molar-refractivity contribution in [1.82, 2.24) is 4.90 Å². The van der Waals surface area contributed by atoms with Gasteiger partial charge in [-0.25, -0.2) is 0 Å². The Bertz CT molecular complexity index is 262. The molecule has 1 aliphatic heterocycles. The monoisotopic (exact) mass is 209 g/mol. The van der Waals surface area contributed by atoms with E-state index in [4.69, 9.17) is 0 Å². The molecule has 84 valence electrons. The number of hydrogen-bond donors (Lipinski definition) is 1. The van der Waals surface area contributed by atoms with E-state index in [1.54, 1.807) is 0 Å². The summed E-state index contributed by atoms with van der Waals surface area (Å²) in [6.07, 6.45) is 9.14. The molecular formula is C12H19NO2. The van der Waals surface area contributed by atoms with Crippen molar-refractivity contribution in [3.8, 4) is 0 Å². The van der Waals surface area contributed by atoms with Crippen LogP contribution in [0.3, 0.4) is 0 Å². The molecule has 0 saturated carbocycles. The Balaban J connectivity index is 1.97. The first-order valence-corrected chi connectivity index (χ1v) is 5.89. The van der Waals surface area contributed by atoms with Crippen molar-refractivity contribution in [2.24, 2.45) is 5.92 Å². The number of aliphatic hydroxyl groups is 1. The summed E-state index contributed by atoms with van der Waals surface area (Å²) in [5, 5.41) is 9.18. The third kappa shape index (κ3) is 2.23. The summed E-state index contributed by atoms with van der Waals surface area (Å²) in [5.74, 6) is 0.429. The smallest absolute Gasteiger partial charge is 0.226 e. The van der Waals surface area contributed by atoms with Crippen LogP contribution in [0.4, 0.5) is 0 Å². The molecule has 2 aliphatic rings. The van der Waals surface area contributed by atoms with E-state index in [0.717, 1.165) is 38.6 Å². The largest absolute Gasteiger partial charge is 0.394 e. The van der Waals surface area contributed by atoms with E-state index in [-0.39, 0.29) is 24.5 Å². The number of allylic oxidation sites excluding steroid dienone is 2. The van der Waals surface area contributed by atoms with Crippen LogP contribution in [0.15, 0.2) is 12.2 Å². The van der Waals surface area contributed by atoms with Gasteiger partial charge in [0.05, 0.1) is 12.6 Å². The van der Waals surface area contributed by atoms with E-state index in [2.05, 4.69) is 12.2 Å². The Hall–Kier alpha value is -0.830. The topological polar surface area (TPSA) is 40.5 Å². The van der Waals surface area contributed by atoms with Gasteiger partial charge in [0.2, 0.25) is 5.91 Å². The lowest BCUT2D eigenvalue weighted by Crippen LogP contribution is -2.41. The zero-order valence-electron chi connectivity index (χ0n) is 9.06. The van der Waals surface area contributed by atoms with E-state index in [0.29, 0.717) is 0 Å². The Labute approximate surface area is 90.8 Å². The molecule has 0 radical (unpaired) electrons. The molecule has 1 unspecified atom stereocenters. The van der Waals surface area contributed by atoms with Crippen molar-refractivity contribution in [2.75, 3.05) is 13.2 Å². The Morgan fingerprint density at radius 2 is 2.27 bits per heavy atom. The molecule has 1 aliphatic carbocycles. The molecular weight excluding hydrogens is 190 g/mol. The zero-order valence-corrected chi connectivity index (χ0v) is 9.06. The highest BCUT2D eigenvalue weighted by Gasteiger charge is 2.32. The highest BCUT2D eigenvalue weighted by Crippen LogP contribution is 2.25. The molecule has 3 nitrogen and oxygen atoms in total. The molecule has 1 N–H and O–H groups in total. The number of likely N-dealkylation sites (tertiary alicyclic amines) is 1. The third-order valence-electron chi connectivity index (χ3n) is 3.49. The van der Waals surface area contributed by atoms with Crippen LogP contribution in [0.25, 0.3) is 0 Å². The van der Waals surface area contributed by atoms with E-state index in [9.17, 15) is 9.90 Å². The summed E-state index contributed by atoms with van der Waals surface area (Å²) >= 11 is 0. The second kappa shape index (κ2) is 4.79. The molecule has 0 aromatic carbocycles.